The molecule has 0 unspecified atom stereocenters. The molecule has 7 nitrogen and oxygen atoms in total. The predicted molar refractivity (Wildman–Crippen MR) is 112 cm³/mol. The predicted octanol–water partition coefficient (Wildman–Crippen LogP) is 2.56. The summed E-state index contributed by atoms with van der Waals surface area (Å²) in [6, 6.07) is 10.9. The molecule has 7 heteroatoms. The van der Waals surface area contributed by atoms with Crippen LogP contribution in [0, 0.1) is 0 Å². The van der Waals surface area contributed by atoms with E-state index in [1.165, 1.54) is 0 Å². The highest BCUT2D eigenvalue weighted by Crippen LogP contribution is 2.16. The largest absolute Gasteiger partial charge is 0.345 e. The number of para-hydroxylation sites is 2. The Labute approximate surface area is 169 Å². The van der Waals surface area contributed by atoms with Crippen molar-refractivity contribution in [3.05, 3.63) is 85.5 Å². The van der Waals surface area contributed by atoms with Crippen molar-refractivity contribution in [2.75, 3.05) is 13.1 Å². The van der Waals surface area contributed by atoms with E-state index in [0.717, 1.165) is 11.0 Å². The van der Waals surface area contributed by atoms with Crippen LogP contribution < -0.4 is 5.32 Å². The summed E-state index contributed by atoms with van der Waals surface area (Å²) in [5, 5.41) is 2.86. The molecule has 2 amide bonds. The first kappa shape index (κ1) is 20.0. The van der Waals surface area contributed by atoms with Gasteiger partial charge < -0.3 is 14.8 Å². The Kier molecular flexibility index (Phi) is 6.52. The third kappa shape index (κ3) is 4.76. The molecule has 2 aromatic heterocycles. The number of nitrogens with zero attached hydrogens (tertiary/aromatic N) is 4. The molecule has 29 heavy (non-hydrogen) atoms. The topological polar surface area (TPSA) is 80.1 Å². The second-order valence-electron chi connectivity index (χ2n) is 6.40. The van der Waals surface area contributed by atoms with Crippen molar-refractivity contribution in [2.45, 2.75) is 13.1 Å². The number of benzene rings is 1. The molecule has 0 saturated heterocycles. The lowest BCUT2D eigenvalue weighted by molar-refractivity contribution is -0.130. The standard InChI is InChI=1S/C22H23N5O2/c1-3-13-26(14-4-2)21(28)16-27-19-8-6-5-7-18(19)25-20(27)15-24-22(29)17-9-11-23-12-10-17/h3-12H,1-2,13-16H2,(H,24,29). The minimum absolute atomic E-state index is 0.0744. The maximum Gasteiger partial charge on any atom is 0.251 e. The van der Waals surface area contributed by atoms with Crippen LogP contribution in [0.5, 0.6) is 0 Å². The minimum atomic E-state index is -0.225. The Bertz CT molecular complexity index is 1020. The van der Waals surface area contributed by atoms with E-state index in [1.54, 1.807) is 41.6 Å². The summed E-state index contributed by atoms with van der Waals surface area (Å²) in [5.74, 6) is 0.311. The van der Waals surface area contributed by atoms with Crippen LogP contribution in [-0.4, -0.2) is 44.3 Å². The van der Waals surface area contributed by atoms with Crippen LogP contribution in [-0.2, 0) is 17.9 Å². The van der Waals surface area contributed by atoms with Gasteiger partial charge in [-0.2, -0.15) is 0 Å². The maximum atomic E-state index is 12.8. The monoisotopic (exact) mass is 389 g/mol. The molecule has 0 fully saturated rings. The first-order valence-electron chi connectivity index (χ1n) is 9.26. The molecule has 0 aliphatic carbocycles. The first-order valence-corrected chi connectivity index (χ1v) is 9.26. The van der Waals surface area contributed by atoms with E-state index in [9.17, 15) is 9.59 Å². The molecular weight excluding hydrogens is 366 g/mol. The number of fused-ring (bicyclic) bond motifs is 1. The third-order valence-electron chi connectivity index (χ3n) is 4.43. The molecule has 0 aliphatic rings. The first-order chi connectivity index (χ1) is 14.1. The van der Waals surface area contributed by atoms with E-state index in [0.29, 0.717) is 24.5 Å². The van der Waals surface area contributed by atoms with E-state index in [2.05, 4.69) is 28.4 Å². The molecule has 0 bridgehead atoms. The van der Waals surface area contributed by atoms with Crippen LogP contribution in [0.3, 0.4) is 0 Å². The number of hydrogen-bond donors (Lipinski definition) is 1. The summed E-state index contributed by atoms with van der Waals surface area (Å²) >= 11 is 0. The quantitative estimate of drug-likeness (QED) is 0.571. The fraction of sp³-hybridized carbons (Fsp3) is 0.182. The molecule has 0 saturated carbocycles. The summed E-state index contributed by atoms with van der Waals surface area (Å²) in [7, 11) is 0. The van der Waals surface area contributed by atoms with Gasteiger partial charge in [0.05, 0.1) is 17.6 Å². The number of aromatic nitrogens is 3. The second-order valence-corrected chi connectivity index (χ2v) is 6.40. The van der Waals surface area contributed by atoms with Gasteiger partial charge in [0.25, 0.3) is 5.91 Å². The lowest BCUT2D eigenvalue weighted by atomic mass is 10.2. The molecule has 0 atom stereocenters. The van der Waals surface area contributed by atoms with Gasteiger partial charge in [-0.1, -0.05) is 24.3 Å². The zero-order valence-electron chi connectivity index (χ0n) is 16.1. The molecule has 3 rings (SSSR count). The summed E-state index contributed by atoms with van der Waals surface area (Å²) in [5.41, 5.74) is 2.13. The minimum Gasteiger partial charge on any atom is -0.345 e. The smallest absolute Gasteiger partial charge is 0.251 e. The van der Waals surface area contributed by atoms with Crippen LogP contribution in [0.2, 0.25) is 0 Å². The van der Waals surface area contributed by atoms with Crippen LogP contribution in [0.4, 0.5) is 0 Å². The van der Waals surface area contributed by atoms with Gasteiger partial charge in [-0.25, -0.2) is 4.98 Å². The van der Waals surface area contributed by atoms with Crippen molar-refractivity contribution in [2.24, 2.45) is 0 Å². The Hall–Kier alpha value is -3.74. The third-order valence-corrected chi connectivity index (χ3v) is 4.43. The van der Waals surface area contributed by atoms with Crippen molar-refractivity contribution in [1.82, 2.24) is 24.8 Å². The van der Waals surface area contributed by atoms with E-state index < -0.39 is 0 Å². The molecule has 2 heterocycles. The lowest BCUT2D eigenvalue weighted by Gasteiger charge is -2.20. The van der Waals surface area contributed by atoms with Gasteiger partial charge in [0, 0.05) is 31.0 Å². The van der Waals surface area contributed by atoms with E-state index >= 15 is 0 Å². The summed E-state index contributed by atoms with van der Waals surface area (Å²) in [6.45, 7) is 8.60. The van der Waals surface area contributed by atoms with Crippen LogP contribution in [0.25, 0.3) is 11.0 Å². The number of carbonyl (C=O) groups excluding carboxylic acids is 2. The van der Waals surface area contributed by atoms with Crippen LogP contribution in [0.15, 0.2) is 74.1 Å². The van der Waals surface area contributed by atoms with Gasteiger partial charge in [-0.3, -0.25) is 14.6 Å². The zero-order valence-corrected chi connectivity index (χ0v) is 16.1. The number of amides is 2. The molecule has 148 valence electrons. The van der Waals surface area contributed by atoms with Gasteiger partial charge in [0.15, 0.2) is 0 Å². The van der Waals surface area contributed by atoms with Crippen LogP contribution >= 0.6 is 0 Å². The SMILES string of the molecule is C=CCN(CC=C)C(=O)Cn1c(CNC(=O)c2ccncc2)nc2ccccc21. The Morgan fingerprint density at radius 1 is 1.07 bits per heavy atom. The molecule has 1 aromatic carbocycles. The highest BCUT2D eigenvalue weighted by Gasteiger charge is 2.17. The Morgan fingerprint density at radius 2 is 1.76 bits per heavy atom. The average Bonchev–Trinajstić information content (AvgIpc) is 3.10. The normalized spacial score (nSPS) is 10.5. The molecule has 0 spiro atoms. The molecule has 0 aliphatic heterocycles. The second kappa shape index (κ2) is 9.45. The number of nitrogens with one attached hydrogen (secondary N) is 1. The number of carbonyl (C=O) groups is 2. The highest BCUT2D eigenvalue weighted by atomic mass is 16.2. The fourth-order valence-electron chi connectivity index (χ4n) is 3.03. The van der Waals surface area contributed by atoms with Crippen LogP contribution in [0.1, 0.15) is 16.2 Å². The van der Waals surface area contributed by atoms with Crippen molar-refractivity contribution in [1.29, 1.82) is 0 Å². The van der Waals surface area contributed by atoms with Gasteiger partial charge in [-0.05, 0) is 24.3 Å². The Morgan fingerprint density at radius 3 is 2.45 bits per heavy atom. The van der Waals surface area contributed by atoms with Gasteiger partial charge >= 0.3 is 0 Å². The molecular formula is C22H23N5O2. The number of imidazole rings is 1. The van der Waals surface area contributed by atoms with E-state index in [1.807, 2.05) is 28.8 Å². The number of hydrogen-bond acceptors (Lipinski definition) is 4. The number of rotatable bonds is 9. The maximum absolute atomic E-state index is 12.8. The summed E-state index contributed by atoms with van der Waals surface area (Å²) in [4.78, 5) is 35.4. The summed E-state index contributed by atoms with van der Waals surface area (Å²) in [6.07, 6.45) is 6.50. The lowest BCUT2D eigenvalue weighted by Crippen LogP contribution is -2.35. The molecule has 1 N–H and O–H groups in total. The van der Waals surface area contributed by atoms with Crippen molar-refractivity contribution in [3.63, 3.8) is 0 Å². The average molecular weight is 389 g/mol. The molecule has 0 radical (unpaired) electrons. The van der Waals surface area contributed by atoms with Crippen molar-refractivity contribution >= 4 is 22.8 Å². The fourth-order valence-corrected chi connectivity index (χ4v) is 3.03. The van der Waals surface area contributed by atoms with E-state index in [4.69, 9.17) is 0 Å². The zero-order chi connectivity index (χ0) is 20.6. The van der Waals surface area contributed by atoms with E-state index in [-0.39, 0.29) is 24.9 Å². The van der Waals surface area contributed by atoms with Gasteiger partial charge in [0.2, 0.25) is 5.91 Å². The number of pyridine rings is 1. The van der Waals surface area contributed by atoms with Crippen molar-refractivity contribution in [3.8, 4) is 0 Å². The highest BCUT2D eigenvalue weighted by molar-refractivity contribution is 5.94. The summed E-state index contributed by atoms with van der Waals surface area (Å²) < 4.78 is 1.84. The Balaban J connectivity index is 1.84. The van der Waals surface area contributed by atoms with Gasteiger partial charge in [0.1, 0.15) is 12.4 Å². The molecule has 3 aromatic rings. The van der Waals surface area contributed by atoms with Gasteiger partial charge in [-0.15, -0.1) is 13.2 Å². The van der Waals surface area contributed by atoms with Crippen molar-refractivity contribution < 1.29 is 9.59 Å².